The third-order valence-electron chi connectivity index (χ3n) is 3.90. The molecule has 2 aromatic rings. The second-order valence-corrected chi connectivity index (χ2v) is 6.19. The summed E-state index contributed by atoms with van der Waals surface area (Å²) in [5.41, 5.74) is 2.60. The first-order chi connectivity index (χ1) is 11.5. The summed E-state index contributed by atoms with van der Waals surface area (Å²) in [6.45, 7) is 7.10. The highest BCUT2D eigenvalue weighted by Crippen LogP contribution is 2.19. The molecule has 2 atom stereocenters. The predicted octanol–water partition coefficient (Wildman–Crippen LogP) is 3.09. The zero-order valence-corrected chi connectivity index (χ0v) is 14.2. The zero-order valence-electron chi connectivity index (χ0n) is 14.2. The van der Waals surface area contributed by atoms with Crippen molar-refractivity contribution < 1.29 is 9.53 Å². The number of rotatable bonds is 2. The molecule has 1 aliphatic rings. The van der Waals surface area contributed by atoms with Crippen molar-refractivity contribution in [2.24, 2.45) is 0 Å². The van der Waals surface area contributed by atoms with E-state index in [0.717, 1.165) is 16.9 Å². The summed E-state index contributed by atoms with van der Waals surface area (Å²) in [4.78, 5) is 22.9. The number of morpholine rings is 1. The summed E-state index contributed by atoms with van der Waals surface area (Å²) in [5, 5.41) is 2.93. The SMILES string of the molecule is Cc1ccnc(-c2ccc(NC(=O)N3CC(C)OC(C)C3)cc2)n1. The van der Waals surface area contributed by atoms with Gasteiger partial charge in [0.1, 0.15) is 0 Å². The fourth-order valence-corrected chi connectivity index (χ4v) is 2.84. The molecular formula is C18H22N4O2. The minimum absolute atomic E-state index is 0.0559. The van der Waals surface area contributed by atoms with Crippen molar-refractivity contribution in [2.45, 2.75) is 33.0 Å². The second-order valence-electron chi connectivity index (χ2n) is 6.19. The number of carbonyl (C=O) groups excluding carboxylic acids is 1. The van der Waals surface area contributed by atoms with Gasteiger partial charge in [-0.15, -0.1) is 0 Å². The predicted molar refractivity (Wildman–Crippen MR) is 92.8 cm³/mol. The number of nitrogens with zero attached hydrogens (tertiary/aromatic N) is 3. The first kappa shape index (κ1) is 16.4. The number of urea groups is 1. The van der Waals surface area contributed by atoms with E-state index in [1.807, 2.05) is 51.1 Å². The van der Waals surface area contributed by atoms with Gasteiger partial charge in [0.05, 0.1) is 12.2 Å². The maximum Gasteiger partial charge on any atom is 0.322 e. The molecule has 1 aromatic carbocycles. The molecular weight excluding hydrogens is 304 g/mol. The third-order valence-corrected chi connectivity index (χ3v) is 3.90. The molecule has 6 heteroatoms. The largest absolute Gasteiger partial charge is 0.372 e. The number of amides is 2. The summed E-state index contributed by atoms with van der Waals surface area (Å²) < 4.78 is 5.66. The lowest BCUT2D eigenvalue weighted by Crippen LogP contribution is -2.49. The van der Waals surface area contributed by atoms with Gasteiger partial charge in [-0.1, -0.05) is 0 Å². The Morgan fingerprint density at radius 2 is 1.83 bits per heavy atom. The van der Waals surface area contributed by atoms with Crippen molar-refractivity contribution >= 4 is 11.7 Å². The van der Waals surface area contributed by atoms with Crippen molar-refractivity contribution in [3.05, 3.63) is 42.2 Å². The van der Waals surface area contributed by atoms with Crippen molar-refractivity contribution in [3.8, 4) is 11.4 Å². The molecule has 0 aliphatic carbocycles. The van der Waals surface area contributed by atoms with Crippen LogP contribution in [0.25, 0.3) is 11.4 Å². The minimum atomic E-state index is -0.100. The maximum absolute atomic E-state index is 12.4. The lowest BCUT2D eigenvalue weighted by atomic mass is 10.2. The lowest BCUT2D eigenvalue weighted by molar-refractivity contribution is -0.0530. The normalized spacial score (nSPS) is 20.7. The average Bonchev–Trinajstić information content (AvgIpc) is 2.54. The quantitative estimate of drug-likeness (QED) is 0.921. The molecule has 1 fully saturated rings. The van der Waals surface area contributed by atoms with Crippen LogP contribution in [0.15, 0.2) is 36.5 Å². The molecule has 1 aromatic heterocycles. The number of nitrogens with one attached hydrogen (secondary N) is 1. The maximum atomic E-state index is 12.4. The molecule has 2 amide bonds. The second kappa shape index (κ2) is 6.97. The van der Waals surface area contributed by atoms with Gasteiger partial charge in [0, 0.05) is 36.2 Å². The van der Waals surface area contributed by atoms with E-state index in [2.05, 4.69) is 15.3 Å². The Labute approximate surface area is 141 Å². The Balaban J connectivity index is 1.67. The Kier molecular flexibility index (Phi) is 4.76. The highest BCUT2D eigenvalue weighted by Gasteiger charge is 2.25. The number of hydrogen-bond donors (Lipinski definition) is 1. The van der Waals surface area contributed by atoms with Gasteiger partial charge in [-0.05, 0) is 51.1 Å². The highest BCUT2D eigenvalue weighted by atomic mass is 16.5. The van der Waals surface area contributed by atoms with Gasteiger partial charge in [0.25, 0.3) is 0 Å². The lowest BCUT2D eigenvalue weighted by Gasteiger charge is -2.35. The van der Waals surface area contributed by atoms with Gasteiger partial charge < -0.3 is 15.0 Å². The van der Waals surface area contributed by atoms with Gasteiger partial charge in [-0.3, -0.25) is 0 Å². The van der Waals surface area contributed by atoms with Crippen LogP contribution in [-0.4, -0.2) is 46.2 Å². The fraction of sp³-hybridized carbons (Fsp3) is 0.389. The number of hydrogen-bond acceptors (Lipinski definition) is 4. The van der Waals surface area contributed by atoms with Gasteiger partial charge in [-0.2, -0.15) is 0 Å². The Bertz CT molecular complexity index is 707. The monoisotopic (exact) mass is 326 g/mol. The molecule has 1 saturated heterocycles. The van der Waals surface area contributed by atoms with E-state index in [0.29, 0.717) is 18.9 Å². The van der Waals surface area contributed by atoms with Crippen molar-refractivity contribution in [1.82, 2.24) is 14.9 Å². The first-order valence-corrected chi connectivity index (χ1v) is 8.13. The molecule has 3 rings (SSSR count). The van der Waals surface area contributed by atoms with E-state index < -0.39 is 0 Å². The van der Waals surface area contributed by atoms with E-state index in [1.165, 1.54) is 0 Å². The van der Waals surface area contributed by atoms with Crippen molar-refractivity contribution in [3.63, 3.8) is 0 Å². The average molecular weight is 326 g/mol. The topological polar surface area (TPSA) is 67.4 Å². The van der Waals surface area contributed by atoms with Gasteiger partial charge in [-0.25, -0.2) is 14.8 Å². The molecule has 0 radical (unpaired) electrons. The van der Waals surface area contributed by atoms with Crippen molar-refractivity contribution in [1.29, 1.82) is 0 Å². The standard InChI is InChI=1S/C18H22N4O2/c1-12-8-9-19-17(20-12)15-4-6-16(7-5-15)21-18(23)22-10-13(2)24-14(3)11-22/h4-9,13-14H,10-11H2,1-3H3,(H,21,23). The molecule has 1 N–H and O–H groups in total. The molecule has 24 heavy (non-hydrogen) atoms. The Morgan fingerprint density at radius 3 is 2.46 bits per heavy atom. The van der Waals surface area contributed by atoms with Crippen LogP contribution >= 0.6 is 0 Å². The number of anilines is 1. The summed E-state index contributed by atoms with van der Waals surface area (Å²) >= 11 is 0. The number of benzene rings is 1. The molecule has 0 saturated carbocycles. The molecule has 6 nitrogen and oxygen atoms in total. The van der Waals surface area contributed by atoms with Gasteiger partial charge in [0.2, 0.25) is 0 Å². The van der Waals surface area contributed by atoms with E-state index in [9.17, 15) is 4.79 Å². The van der Waals surface area contributed by atoms with E-state index in [1.54, 1.807) is 11.1 Å². The summed E-state index contributed by atoms with van der Waals surface area (Å²) in [7, 11) is 0. The highest BCUT2D eigenvalue weighted by molar-refractivity contribution is 5.89. The van der Waals surface area contributed by atoms with E-state index in [4.69, 9.17) is 4.74 Å². The number of carbonyl (C=O) groups is 1. The van der Waals surface area contributed by atoms with E-state index >= 15 is 0 Å². The third kappa shape index (κ3) is 3.89. The molecule has 1 aliphatic heterocycles. The molecule has 0 spiro atoms. The zero-order chi connectivity index (χ0) is 17.1. The smallest absolute Gasteiger partial charge is 0.322 e. The summed E-state index contributed by atoms with van der Waals surface area (Å²) in [6, 6.07) is 9.32. The van der Waals surface area contributed by atoms with Gasteiger partial charge >= 0.3 is 6.03 Å². The number of aryl methyl sites for hydroxylation is 1. The molecule has 2 heterocycles. The van der Waals surface area contributed by atoms with E-state index in [-0.39, 0.29) is 18.2 Å². The van der Waals surface area contributed by atoms with Crippen LogP contribution in [0.4, 0.5) is 10.5 Å². The summed E-state index contributed by atoms with van der Waals surface area (Å²) in [6.07, 6.45) is 1.86. The van der Waals surface area contributed by atoms with Crippen LogP contribution in [0.2, 0.25) is 0 Å². The fourth-order valence-electron chi connectivity index (χ4n) is 2.84. The Hall–Kier alpha value is -2.47. The van der Waals surface area contributed by atoms with Gasteiger partial charge in [0.15, 0.2) is 5.82 Å². The van der Waals surface area contributed by atoms with Crippen LogP contribution in [0.1, 0.15) is 19.5 Å². The molecule has 0 bridgehead atoms. The number of aromatic nitrogens is 2. The summed E-state index contributed by atoms with van der Waals surface area (Å²) in [5.74, 6) is 0.684. The molecule has 2 unspecified atom stereocenters. The first-order valence-electron chi connectivity index (χ1n) is 8.13. The molecule has 126 valence electrons. The van der Waals surface area contributed by atoms with Crippen LogP contribution in [-0.2, 0) is 4.74 Å². The van der Waals surface area contributed by atoms with Crippen LogP contribution < -0.4 is 5.32 Å². The van der Waals surface area contributed by atoms with Crippen LogP contribution in [0, 0.1) is 6.92 Å². The van der Waals surface area contributed by atoms with Crippen LogP contribution in [0.5, 0.6) is 0 Å². The van der Waals surface area contributed by atoms with Crippen LogP contribution in [0.3, 0.4) is 0 Å². The van der Waals surface area contributed by atoms with Crippen molar-refractivity contribution in [2.75, 3.05) is 18.4 Å². The minimum Gasteiger partial charge on any atom is -0.372 e. The Morgan fingerprint density at radius 1 is 1.17 bits per heavy atom. The number of ether oxygens (including phenoxy) is 1.